The molecule has 242 valence electrons. The van der Waals surface area contributed by atoms with Crippen LogP contribution in [0.1, 0.15) is 108 Å². The van der Waals surface area contributed by atoms with Crippen LogP contribution in [0.3, 0.4) is 0 Å². The first-order valence-corrected chi connectivity index (χ1v) is 16.2. The van der Waals surface area contributed by atoms with Crippen molar-refractivity contribution in [2.45, 2.75) is 97.7 Å². The van der Waals surface area contributed by atoms with Crippen LogP contribution in [0.15, 0.2) is 72.8 Å². The van der Waals surface area contributed by atoms with Crippen molar-refractivity contribution in [3.8, 4) is 23.0 Å². The molecule has 0 radical (unpaired) electrons. The first-order chi connectivity index (χ1) is 21.9. The molecule has 45 heavy (non-hydrogen) atoms. The predicted octanol–water partition coefficient (Wildman–Crippen LogP) is 9.16. The second-order valence-electron chi connectivity index (χ2n) is 11.1. The quantitative estimate of drug-likeness (QED) is 0.0769. The third kappa shape index (κ3) is 13.2. The van der Waals surface area contributed by atoms with Gasteiger partial charge in [-0.05, 0) is 43.2 Å². The van der Waals surface area contributed by atoms with Crippen LogP contribution < -0.4 is 18.9 Å². The van der Waals surface area contributed by atoms with Crippen molar-refractivity contribution in [3.05, 3.63) is 89.5 Å². The van der Waals surface area contributed by atoms with Gasteiger partial charge in [0.15, 0.2) is 0 Å². The number of carbonyl (C=O) groups excluding carboxylic acids is 2. The van der Waals surface area contributed by atoms with Gasteiger partial charge in [0.2, 0.25) is 0 Å². The fraction of sp³-hybridized carbons (Fsp3) is 0.421. The first-order valence-electron chi connectivity index (χ1n) is 16.2. The molecule has 1 atom stereocenters. The number of ether oxygens (including phenoxy) is 4. The standard InChI is InChI=1S/C38H48O7/c1-4-6-7-8-9-10-11-12-16-19-38(41)45-33-22-20-31(36(26-33)42-5-2)21-25-35(40)34-24-23-32(44-29(3)39)27-37(34)43-28-30-17-14-13-15-18-30/h13-15,17-18,20-27,35,40H,4-12,16,19,28H2,1-3H3. The summed E-state index contributed by atoms with van der Waals surface area (Å²) < 4.78 is 22.7. The topological polar surface area (TPSA) is 91.3 Å². The van der Waals surface area contributed by atoms with Gasteiger partial charge in [-0.15, -0.1) is 0 Å². The van der Waals surface area contributed by atoms with E-state index in [9.17, 15) is 14.7 Å². The number of carbonyl (C=O) groups is 2. The molecule has 0 aliphatic heterocycles. The molecule has 3 aromatic rings. The molecule has 1 unspecified atom stereocenters. The summed E-state index contributed by atoms with van der Waals surface area (Å²) in [5, 5.41) is 11.1. The minimum atomic E-state index is -1.02. The zero-order chi connectivity index (χ0) is 32.3. The number of hydrogen-bond acceptors (Lipinski definition) is 7. The fourth-order valence-electron chi connectivity index (χ4n) is 4.91. The Balaban J connectivity index is 1.61. The van der Waals surface area contributed by atoms with E-state index < -0.39 is 12.1 Å². The lowest BCUT2D eigenvalue weighted by molar-refractivity contribution is -0.134. The van der Waals surface area contributed by atoms with Crippen LogP contribution in [-0.2, 0) is 16.2 Å². The Morgan fingerprint density at radius 3 is 2.09 bits per heavy atom. The molecular weight excluding hydrogens is 568 g/mol. The molecule has 3 aromatic carbocycles. The van der Waals surface area contributed by atoms with Gasteiger partial charge >= 0.3 is 11.9 Å². The van der Waals surface area contributed by atoms with Crippen LogP contribution in [0.5, 0.6) is 23.0 Å². The van der Waals surface area contributed by atoms with Crippen LogP contribution in [0.2, 0.25) is 0 Å². The zero-order valence-electron chi connectivity index (χ0n) is 27.0. The fourth-order valence-corrected chi connectivity index (χ4v) is 4.91. The lowest BCUT2D eigenvalue weighted by Crippen LogP contribution is -2.08. The summed E-state index contributed by atoms with van der Waals surface area (Å²) in [6.07, 6.45) is 13.5. The highest BCUT2D eigenvalue weighted by Gasteiger charge is 2.15. The van der Waals surface area contributed by atoms with E-state index in [1.54, 1.807) is 48.6 Å². The molecule has 0 fully saturated rings. The lowest BCUT2D eigenvalue weighted by Gasteiger charge is -2.16. The third-order valence-electron chi connectivity index (χ3n) is 7.26. The number of rotatable bonds is 20. The molecule has 0 spiro atoms. The second-order valence-corrected chi connectivity index (χ2v) is 11.1. The van der Waals surface area contributed by atoms with Gasteiger partial charge < -0.3 is 24.1 Å². The predicted molar refractivity (Wildman–Crippen MR) is 178 cm³/mol. The summed E-state index contributed by atoms with van der Waals surface area (Å²) in [6.45, 7) is 6.14. The summed E-state index contributed by atoms with van der Waals surface area (Å²) in [5.41, 5.74) is 2.19. The van der Waals surface area contributed by atoms with Gasteiger partial charge in [-0.2, -0.15) is 0 Å². The van der Waals surface area contributed by atoms with Crippen molar-refractivity contribution in [2.75, 3.05) is 6.61 Å². The van der Waals surface area contributed by atoms with E-state index in [1.165, 1.54) is 45.4 Å². The number of aliphatic hydroxyl groups is 1. The van der Waals surface area contributed by atoms with Crippen molar-refractivity contribution in [1.82, 2.24) is 0 Å². The van der Waals surface area contributed by atoms with Crippen LogP contribution in [0.4, 0.5) is 0 Å². The first kappa shape index (κ1) is 35.4. The molecule has 0 saturated carbocycles. The van der Waals surface area contributed by atoms with Gasteiger partial charge in [0.1, 0.15) is 35.7 Å². The van der Waals surface area contributed by atoms with Gasteiger partial charge in [0.25, 0.3) is 0 Å². The molecule has 7 nitrogen and oxygen atoms in total. The Hall–Kier alpha value is -4.10. The molecule has 7 heteroatoms. The minimum Gasteiger partial charge on any atom is -0.493 e. The zero-order valence-corrected chi connectivity index (χ0v) is 27.0. The van der Waals surface area contributed by atoms with E-state index in [4.69, 9.17) is 18.9 Å². The molecule has 0 bridgehead atoms. The smallest absolute Gasteiger partial charge is 0.311 e. The summed E-state index contributed by atoms with van der Waals surface area (Å²) in [5.74, 6) is 0.994. The molecule has 0 aliphatic rings. The Labute approximate surface area is 268 Å². The number of unbranched alkanes of at least 4 members (excludes halogenated alkanes) is 8. The Bertz CT molecular complexity index is 1350. The maximum atomic E-state index is 12.5. The lowest BCUT2D eigenvalue weighted by atomic mass is 10.1. The van der Waals surface area contributed by atoms with Gasteiger partial charge in [0, 0.05) is 36.6 Å². The second kappa shape index (κ2) is 20.0. The average molecular weight is 617 g/mol. The highest BCUT2D eigenvalue weighted by Crippen LogP contribution is 2.33. The van der Waals surface area contributed by atoms with E-state index in [0.717, 1.165) is 30.4 Å². The molecule has 0 aliphatic carbocycles. The number of esters is 2. The highest BCUT2D eigenvalue weighted by atomic mass is 16.5. The van der Waals surface area contributed by atoms with E-state index >= 15 is 0 Å². The summed E-state index contributed by atoms with van der Waals surface area (Å²) in [7, 11) is 0. The van der Waals surface area contributed by atoms with E-state index in [-0.39, 0.29) is 12.6 Å². The molecule has 0 aromatic heterocycles. The SMILES string of the molecule is CCCCCCCCCCCC(=O)Oc1ccc(C=CC(O)c2ccc(OC(C)=O)cc2OCc2ccccc2)c(OCC)c1. The normalized spacial score (nSPS) is 11.7. The Kier molecular flexibility index (Phi) is 15.7. The van der Waals surface area contributed by atoms with Crippen molar-refractivity contribution in [1.29, 1.82) is 0 Å². The van der Waals surface area contributed by atoms with Crippen LogP contribution in [0.25, 0.3) is 6.08 Å². The highest BCUT2D eigenvalue weighted by molar-refractivity contribution is 5.73. The van der Waals surface area contributed by atoms with E-state index in [1.807, 2.05) is 37.3 Å². The molecule has 0 saturated heterocycles. The van der Waals surface area contributed by atoms with Crippen LogP contribution in [-0.4, -0.2) is 23.7 Å². The Morgan fingerprint density at radius 2 is 1.40 bits per heavy atom. The minimum absolute atomic E-state index is 0.251. The van der Waals surface area contributed by atoms with Gasteiger partial charge in [-0.3, -0.25) is 9.59 Å². The van der Waals surface area contributed by atoms with Gasteiger partial charge in [0.05, 0.1) is 6.61 Å². The number of aliphatic hydroxyl groups excluding tert-OH is 1. The monoisotopic (exact) mass is 616 g/mol. The average Bonchev–Trinajstić information content (AvgIpc) is 3.03. The van der Waals surface area contributed by atoms with Crippen LogP contribution in [0, 0.1) is 0 Å². The third-order valence-corrected chi connectivity index (χ3v) is 7.26. The number of benzene rings is 3. The molecule has 0 amide bonds. The van der Waals surface area contributed by atoms with Crippen LogP contribution >= 0.6 is 0 Å². The molecular formula is C38H48O7. The van der Waals surface area contributed by atoms with Crippen molar-refractivity contribution in [2.24, 2.45) is 0 Å². The molecule has 3 rings (SSSR count). The maximum Gasteiger partial charge on any atom is 0.311 e. The van der Waals surface area contributed by atoms with Crippen molar-refractivity contribution < 1.29 is 33.6 Å². The Morgan fingerprint density at radius 1 is 0.756 bits per heavy atom. The van der Waals surface area contributed by atoms with Gasteiger partial charge in [-0.1, -0.05) is 101 Å². The summed E-state index contributed by atoms with van der Waals surface area (Å²) in [4.78, 5) is 24.0. The van der Waals surface area contributed by atoms with Gasteiger partial charge in [-0.25, -0.2) is 0 Å². The van der Waals surface area contributed by atoms with Crippen molar-refractivity contribution >= 4 is 18.0 Å². The molecule has 1 N–H and O–H groups in total. The van der Waals surface area contributed by atoms with E-state index in [2.05, 4.69) is 6.92 Å². The summed E-state index contributed by atoms with van der Waals surface area (Å²) in [6, 6.07) is 19.8. The molecule has 0 heterocycles. The number of hydrogen-bond donors (Lipinski definition) is 1. The van der Waals surface area contributed by atoms with E-state index in [0.29, 0.717) is 41.6 Å². The maximum absolute atomic E-state index is 12.5. The summed E-state index contributed by atoms with van der Waals surface area (Å²) >= 11 is 0. The van der Waals surface area contributed by atoms with Crippen molar-refractivity contribution in [3.63, 3.8) is 0 Å². The largest absolute Gasteiger partial charge is 0.493 e.